The van der Waals surface area contributed by atoms with Crippen molar-refractivity contribution in [2.45, 2.75) is 6.54 Å². The van der Waals surface area contributed by atoms with Crippen molar-refractivity contribution in [2.75, 3.05) is 21.2 Å². The van der Waals surface area contributed by atoms with Crippen LogP contribution in [0.3, 0.4) is 0 Å². The van der Waals surface area contributed by atoms with Gasteiger partial charge >= 0.3 is 0 Å². The van der Waals surface area contributed by atoms with E-state index in [1.54, 1.807) is 12.1 Å². The number of aromatic amines is 1. The fraction of sp³-hybridized carbons (Fsp3) is 0.308. The van der Waals surface area contributed by atoms with Crippen LogP contribution in [0.15, 0.2) is 12.1 Å². The molecule has 0 aliphatic heterocycles. The monoisotopic (exact) mass is 291 g/mol. The maximum atomic E-state index is 11.4. The summed E-state index contributed by atoms with van der Waals surface area (Å²) in [5, 5.41) is 20.2. The molecule has 0 bridgehead atoms. The molecule has 0 atom stereocenters. The topological polar surface area (TPSA) is 117 Å². The standard InChI is InChI=1S/C13H17N5O3/c1-18(2)6-8-4-7(5-9(21-3)12(8)19)10-11(13(14)20)16-17-15-10/h4-5,19H,6H2,1-3H3,(H2,14,20)(H,15,16,17). The maximum Gasteiger partial charge on any atom is 0.271 e. The van der Waals surface area contributed by atoms with Crippen LogP contribution < -0.4 is 10.5 Å². The smallest absolute Gasteiger partial charge is 0.271 e. The third-order valence-corrected chi connectivity index (χ3v) is 2.92. The molecule has 8 nitrogen and oxygen atoms in total. The van der Waals surface area contributed by atoms with Gasteiger partial charge in [0.25, 0.3) is 5.91 Å². The van der Waals surface area contributed by atoms with Gasteiger partial charge < -0.3 is 20.5 Å². The van der Waals surface area contributed by atoms with Crippen LogP contribution in [-0.2, 0) is 6.54 Å². The van der Waals surface area contributed by atoms with Gasteiger partial charge in [-0.05, 0) is 26.2 Å². The summed E-state index contributed by atoms with van der Waals surface area (Å²) < 4.78 is 5.16. The molecule has 0 unspecified atom stereocenters. The highest BCUT2D eigenvalue weighted by atomic mass is 16.5. The number of H-pyrrole nitrogens is 1. The van der Waals surface area contributed by atoms with Gasteiger partial charge in [-0.25, -0.2) is 0 Å². The number of nitrogens with two attached hydrogens (primary N) is 1. The summed E-state index contributed by atoms with van der Waals surface area (Å²) in [6.45, 7) is 0.500. The fourth-order valence-corrected chi connectivity index (χ4v) is 2.02. The molecule has 0 aliphatic carbocycles. The van der Waals surface area contributed by atoms with Crippen LogP contribution in [0.2, 0.25) is 0 Å². The van der Waals surface area contributed by atoms with Crippen LogP contribution in [-0.4, -0.2) is 52.5 Å². The van der Waals surface area contributed by atoms with Gasteiger partial charge in [-0.3, -0.25) is 4.79 Å². The van der Waals surface area contributed by atoms with E-state index in [0.29, 0.717) is 29.1 Å². The Hall–Kier alpha value is -2.61. The van der Waals surface area contributed by atoms with E-state index in [2.05, 4.69) is 15.4 Å². The normalized spacial score (nSPS) is 10.9. The number of aromatic nitrogens is 3. The SMILES string of the molecule is COc1cc(-c2n[nH]nc2C(N)=O)cc(CN(C)C)c1O. The van der Waals surface area contributed by atoms with Crippen molar-refractivity contribution in [3.05, 3.63) is 23.4 Å². The summed E-state index contributed by atoms with van der Waals surface area (Å²) in [7, 11) is 5.21. The first kappa shape index (κ1) is 14.8. The van der Waals surface area contributed by atoms with Gasteiger partial charge in [0.1, 0.15) is 5.69 Å². The quantitative estimate of drug-likeness (QED) is 0.731. The molecule has 0 saturated carbocycles. The fourth-order valence-electron chi connectivity index (χ4n) is 2.02. The van der Waals surface area contributed by atoms with Crippen molar-refractivity contribution in [1.82, 2.24) is 20.3 Å². The zero-order valence-corrected chi connectivity index (χ0v) is 12.0. The Morgan fingerprint density at radius 1 is 1.43 bits per heavy atom. The summed E-state index contributed by atoms with van der Waals surface area (Å²) in [5.74, 6) is -0.332. The van der Waals surface area contributed by atoms with Gasteiger partial charge in [0.15, 0.2) is 17.2 Å². The summed E-state index contributed by atoms with van der Waals surface area (Å²) >= 11 is 0. The molecular formula is C13H17N5O3. The Morgan fingerprint density at radius 3 is 2.71 bits per heavy atom. The average molecular weight is 291 g/mol. The lowest BCUT2D eigenvalue weighted by Crippen LogP contribution is -2.13. The molecule has 0 spiro atoms. The number of carbonyl (C=O) groups excluding carboxylic acids is 1. The number of ether oxygens (including phenoxy) is 1. The molecule has 1 aromatic heterocycles. The molecule has 112 valence electrons. The average Bonchev–Trinajstić information content (AvgIpc) is 2.90. The molecule has 2 rings (SSSR count). The van der Waals surface area contributed by atoms with Gasteiger partial charge in [-0.15, -0.1) is 0 Å². The van der Waals surface area contributed by atoms with E-state index < -0.39 is 5.91 Å². The highest BCUT2D eigenvalue weighted by Gasteiger charge is 2.19. The molecule has 0 fully saturated rings. The first-order chi connectivity index (χ1) is 9.93. The molecule has 0 radical (unpaired) electrons. The first-order valence-electron chi connectivity index (χ1n) is 6.19. The van der Waals surface area contributed by atoms with Crippen molar-refractivity contribution < 1.29 is 14.6 Å². The lowest BCUT2D eigenvalue weighted by Gasteiger charge is -2.15. The number of methoxy groups -OCH3 is 1. The number of hydrogen-bond acceptors (Lipinski definition) is 6. The van der Waals surface area contributed by atoms with Crippen LogP contribution in [0.25, 0.3) is 11.3 Å². The van der Waals surface area contributed by atoms with Crippen molar-refractivity contribution in [2.24, 2.45) is 5.73 Å². The Balaban J connectivity index is 2.58. The van der Waals surface area contributed by atoms with Crippen LogP contribution in [0, 0.1) is 0 Å². The lowest BCUT2D eigenvalue weighted by atomic mass is 10.0. The Labute approximate surface area is 121 Å². The van der Waals surface area contributed by atoms with E-state index in [1.165, 1.54) is 7.11 Å². The number of amides is 1. The number of rotatable bonds is 5. The van der Waals surface area contributed by atoms with Gasteiger partial charge in [-0.1, -0.05) is 0 Å². The van der Waals surface area contributed by atoms with Crippen LogP contribution in [0.4, 0.5) is 0 Å². The minimum atomic E-state index is -0.681. The number of phenolic OH excluding ortho intramolecular Hbond substituents is 1. The van der Waals surface area contributed by atoms with E-state index >= 15 is 0 Å². The van der Waals surface area contributed by atoms with Crippen molar-refractivity contribution >= 4 is 5.91 Å². The number of aromatic hydroxyl groups is 1. The van der Waals surface area contributed by atoms with Crippen LogP contribution >= 0.6 is 0 Å². The molecule has 2 aromatic rings. The minimum absolute atomic E-state index is 0.0403. The van der Waals surface area contributed by atoms with Crippen molar-refractivity contribution in [3.8, 4) is 22.8 Å². The Kier molecular flexibility index (Phi) is 4.08. The van der Waals surface area contributed by atoms with Gasteiger partial charge in [0, 0.05) is 17.7 Å². The van der Waals surface area contributed by atoms with E-state index in [-0.39, 0.29) is 11.4 Å². The largest absolute Gasteiger partial charge is 0.504 e. The number of benzene rings is 1. The number of primary amides is 1. The number of nitrogens with one attached hydrogen (secondary N) is 1. The molecule has 0 aliphatic rings. The van der Waals surface area contributed by atoms with Gasteiger partial charge in [-0.2, -0.15) is 15.4 Å². The first-order valence-corrected chi connectivity index (χ1v) is 6.19. The molecule has 1 heterocycles. The van der Waals surface area contributed by atoms with E-state index in [1.807, 2.05) is 19.0 Å². The lowest BCUT2D eigenvalue weighted by molar-refractivity contribution is 0.0996. The molecule has 21 heavy (non-hydrogen) atoms. The van der Waals surface area contributed by atoms with Crippen molar-refractivity contribution in [1.29, 1.82) is 0 Å². The zero-order valence-electron chi connectivity index (χ0n) is 12.0. The number of hydrogen-bond donors (Lipinski definition) is 3. The van der Waals surface area contributed by atoms with Gasteiger partial charge in [0.05, 0.1) is 7.11 Å². The Bertz CT molecular complexity index is 666. The summed E-state index contributed by atoms with van der Waals surface area (Å²) in [6, 6.07) is 3.31. The van der Waals surface area contributed by atoms with E-state index in [9.17, 15) is 9.90 Å². The molecule has 8 heteroatoms. The number of phenols is 1. The maximum absolute atomic E-state index is 11.4. The third kappa shape index (κ3) is 2.95. The molecule has 1 aromatic carbocycles. The van der Waals surface area contributed by atoms with Crippen LogP contribution in [0.5, 0.6) is 11.5 Å². The highest BCUT2D eigenvalue weighted by Crippen LogP contribution is 2.36. The number of carbonyl (C=O) groups is 1. The van der Waals surface area contributed by atoms with Gasteiger partial charge in [0.2, 0.25) is 0 Å². The molecule has 1 amide bonds. The minimum Gasteiger partial charge on any atom is -0.504 e. The summed E-state index contributed by atoms with van der Waals surface area (Å²) in [5.41, 5.74) is 6.86. The third-order valence-electron chi connectivity index (χ3n) is 2.92. The second-order valence-electron chi connectivity index (χ2n) is 4.81. The molecular weight excluding hydrogens is 274 g/mol. The summed E-state index contributed by atoms with van der Waals surface area (Å²) in [6.07, 6.45) is 0. The predicted molar refractivity (Wildman–Crippen MR) is 75.9 cm³/mol. The molecule has 4 N–H and O–H groups in total. The Morgan fingerprint density at radius 2 is 2.14 bits per heavy atom. The van der Waals surface area contributed by atoms with E-state index in [0.717, 1.165) is 0 Å². The van der Waals surface area contributed by atoms with Crippen molar-refractivity contribution in [3.63, 3.8) is 0 Å². The molecule has 0 saturated heterocycles. The number of nitrogens with zero attached hydrogens (tertiary/aromatic N) is 3. The second kappa shape index (κ2) is 5.80. The second-order valence-corrected chi connectivity index (χ2v) is 4.81. The summed E-state index contributed by atoms with van der Waals surface area (Å²) in [4.78, 5) is 13.3. The van der Waals surface area contributed by atoms with E-state index in [4.69, 9.17) is 10.5 Å². The zero-order chi connectivity index (χ0) is 15.6. The van der Waals surface area contributed by atoms with Crippen LogP contribution in [0.1, 0.15) is 16.1 Å². The predicted octanol–water partition coefficient (Wildman–Crippen LogP) is 0.346. The highest BCUT2D eigenvalue weighted by molar-refractivity contribution is 5.96.